The molecule has 0 heterocycles. The summed E-state index contributed by atoms with van der Waals surface area (Å²) in [6.07, 6.45) is 3.83. The van der Waals surface area contributed by atoms with Crippen molar-refractivity contribution in [1.29, 1.82) is 0 Å². The molecule has 19 heavy (non-hydrogen) atoms. The maximum Gasteiger partial charge on any atom is 0.221 e. The van der Waals surface area contributed by atoms with Gasteiger partial charge < -0.3 is 11.1 Å². The van der Waals surface area contributed by atoms with E-state index in [4.69, 9.17) is 5.73 Å². The number of hydrogen-bond acceptors (Lipinski definition) is 2. The second kappa shape index (κ2) is 7.51. The molecule has 1 aliphatic rings. The summed E-state index contributed by atoms with van der Waals surface area (Å²) >= 11 is 0. The molecule has 1 amide bonds. The fourth-order valence-electron chi connectivity index (χ4n) is 2.79. The van der Waals surface area contributed by atoms with Gasteiger partial charge in [0.2, 0.25) is 5.91 Å². The Bertz CT molecular complexity index is 394. The molecular formula is C15H23ClN2O. The first-order valence-electron chi connectivity index (χ1n) is 6.76. The Balaban J connectivity index is 0.00000180. The van der Waals surface area contributed by atoms with Crippen LogP contribution >= 0.6 is 12.4 Å². The van der Waals surface area contributed by atoms with Gasteiger partial charge in [-0.05, 0) is 25.3 Å². The Morgan fingerprint density at radius 2 is 2.05 bits per heavy atom. The maximum absolute atomic E-state index is 11.8. The van der Waals surface area contributed by atoms with Crippen LogP contribution in [-0.4, -0.2) is 18.0 Å². The van der Waals surface area contributed by atoms with Crippen LogP contribution < -0.4 is 11.1 Å². The van der Waals surface area contributed by atoms with Gasteiger partial charge in [0.25, 0.3) is 0 Å². The first-order valence-corrected chi connectivity index (χ1v) is 6.76. The molecule has 3 nitrogen and oxygen atoms in total. The highest BCUT2D eigenvalue weighted by molar-refractivity contribution is 5.85. The number of carbonyl (C=O) groups excluding carboxylic acids is 1. The normalized spacial score (nSPS) is 23.5. The van der Waals surface area contributed by atoms with Crippen LogP contribution in [0.3, 0.4) is 0 Å². The molecule has 106 valence electrons. The van der Waals surface area contributed by atoms with Crippen LogP contribution in [0.1, 0.15) is 44.1 Å². The van der Waals surface area contributed by atoms with Gasteiger partial charge in [-0.15, -0.1) is 12.4 Å². The molecule has 1 fully saturated rings. The highest BCUT2D eigenvalue weighted by atomic mass is 35.5. The highest BCUT2D eigenvalue weighted by Gasteiger charge is 2.29. The summed E-state index contributed by atoms with van der Waals surface area (Å²) in [7, 11) is 0. The van der Waals surface area contributed by atoms with Gasteiger partial charge in [0.05, 0.1) is 0 Å². The van der Waals surface area contributed by atoms with Crippen molar-refractivity contribution in [3.05, 3.63) is 35.9 Å². The van der Waals surface area contributed by atoms with Gasteiger partial charge in [0.15, 0.2) is 0 Å². The summed E-state index contributed by atoms with van der Waals surface area (Å²) in [5, 5.41) is 3.14. The Morgan fingerprint density at radius 3 is 2.68 bits per heavy atom. The minimum absolute atomic E-state index is 0. The third-order valence-electron chi connectivity index (χ3n) is 3.60. The lowest BCUT2D eigenvalue weighted by atomic mass is 9.94. The molecule has 0 saturated heterocycles. The van der Waals surface area contributed by atoms with Crippen LogP contribution in [0.15, 0.2) is 30.3 Å². The van der Waals surface area contributed by atoms with Crippen LogP contribution in [0.2, 0.25) is 0 Å². The number of nitrogens with two attached hydrogens (primary N) is 1. The fourth-order valence-corrected chi connectivity index (χ4v) is 2.79. The average molecular weight is 283 g/mol. The van der Waals surface area contributed by atoms with Crippen molar-refractivity contribution in [2.75, 3.05) is 0 Å². The monoisotopic (exact) mass is 282 g/mol. The molecule has 3 atom stereocenters. The molecule has 0 aromatic heterocycles. The van der Waals surface area contributed by atoms with Crippen molar-refractivity contribution in [2.45, 2.75) is 50.6 Å². The van der Waals surface area contributed by atoms with Crippen LogP contribution in [0.5, 0.6) is 0 Å². The number of nitrogens with one attached hydrogen (secondary N) is 1. The van der Waals surface area contributed by atoms with Crippen molar-refractivity contribution in [3.63, 3.8) is 0 Å². The standard InChI is InChI=1S/C15H22N2O.ClH/c1-11(16)10-15(18)17-14-9-5-8-13(14)12-6-3-2-4-7-12;/h2-4,6-7,11,13-14H,5,8-10,16H2,1H3,(H,17,18);1H. The predicted octanol–water partition coefficient (Wildman–Crippen LogP) is 2.60. The zero-order chi connectivity index (χ0) is 13.0. The fraction of sp³-hybridized carbons (Fsp3) is 0.533. The SMILES string of the molecule is CC(N)CC(=O)NC1CCCC1c1ccccc1.Cl. The maximum atomic E-state index is 11.8. The van der Waals surface area contributed by atoms with Crippen molar-refractivity contribution in [3.8, 4) is 0 Å². The van der Waals surface area contributed by atoms with Crippen molar-refractivity contribution >= 4 is 18.3 Å². The number of amides is 1. The third-order valence-corrected chi connectivity index (χ3v) is 3.60. The summed E-state index contributed by atoms with van der Waals surface area (Å²) in [4.78, 5) is 11.8. The van der Waals surface area contributed by atoms with E-state index in [1.165, 1.54) is 12.0 Å². The number of carbonyl (C=O) groups is 1. The molecule has 0 bridgehead atoms. The van der Waals surface area contributed by atoms with E-state index in [-0.39, 0.29) is 30.4 Å². The van der Waals surface area contributed by atoms with Crippen molar-refractivity contribution < 1.29 is 4.79 Å². The number of hydrogen-bond donors (Lipinski definition) is 2. The summed E-state index contributed by atoms with van der Waals surface area (Å²) in [5.41, 5.74) is 6.99. The predicted molar refractivity (Wildman–Crippen MR) is 80.5 cm³/mol. The van der Waals surface area contributed by atoms with Crippen LogP contribution in [0.25, 0.3) is 0 Å². The van der Waals surface area contributed by atoms with E-state index in [0.29, 0.717) is 12.3 Å². The molecule has 3 unspecified atom stereocenters. The summed E-state index contributed by atoms with van der Waals surface area (Å²) < 4.78 is 0. The molecule has 4 heteroatoms. The Labute approximate surface area is 121 Å². The molecule has 0 aliphatic heterocycles. The molecule has 3 N–H and O–H groups in total. The number of benzene rings is 1. The van der Waals surface area contributed by atoms with E-state index in [2.05, 4.69) is 29.6 Å². The molecule has 0 spiro atoms. The molecule has 1 aromatic rings. The summed E-state index contributed by atoms with van der Waals surface area (Å²) in [5.74, 6) is 0.543. The molecule has 1 saturated carbocycles. The number of halogens is 1. The third kappa shape index (κ3) is 4.51. The molecule has 2 rings (SSSR count). The average Bonchev–Trinajstić information content (AvgIpc) is 2.77. The van der Waals surface area contributed by atoms with Crippen LogP contribution in [0, 0.1) is 0 Å². The lowest BCUT2D eigenvalue weighted by molar-refractivity contribution is -0.122. The molecule has 1 aromatic carbocycles. The summed E-state index contributed by atoms with van der Waals surface area (Å²) in [6, 6.07) is 10.7. The number of rotatable bonds is 4. The van der Waals surface area contributed by atoms with Gasteiger partial charge in [-0.3, -0.25) is 4.79 Å². The molecular weight excluding hydrogens is 260 g/mol. The Kier molecular flexibility index (Phi) is 6.32. The topological polar surface area (TPSA) is 55.1 Å². The van der Waals surface area contributed by atoms with Crippen LogP contribution in [0.4, 0.5) is 0 Å². The first kappa shape index (κ1) is 16.0. The molecule has 1 aliphatic carbocycles. The van der Waals surface area contributed by atoms with E-state index in [9.17, 15) is 4.79 Å². The first-order chi connectivity index (χ1) is 8.66. The van der Waals surface area contributed by atoms with Crippen LogP contribution in [-0.2, 0) is 4.79 Å². The zero-order valence-electron chi connectivity index (χ0n) is 11.3. The van der Waals surface area contributed by atoms with Gasteiger partial charge in [-0.25, -0.2) is 0 Å². The Morgan fingerprint density at radius 1 is 1.37 bits per heavy atom. The van der Waals surface area contributed by atoms with E-state index in [1.54, 1.807) is 0 Å². The van der Waals surface area contributed by atoms with E-state index in [1.807, 2.05) is 13.0 Å². The van der Waals surface area contributed by atoms with Crippen molar-refractivity contribution in [2.24, 2.45) is 5.73 Å². The molecule has 0 radical (unpaired) electrons. The van der Waals surface area contributed by atoms with Gasteiger partial charge in [-0.2, -0.15) is 0 Å². The zero-order valence-corrected chi connectivity index (χ0v) is 12.2. The second-order valence-electron chi connectivity index (χ2n) is 5.30. The quantitative estimate of drug-likeness (QED) is 0.892. The van der Waals surface area contributed by atoms with E-state index < -0.39 is 0 Å². The smallest absolute Gasteiger partial charge is 0.221 e. The minimum atomic E-state index is -0.0680. The van der Waals surface area contributed by atoms with Gasteiger partial charge in [-0.1, -0.05) is 36.8 Å². The van der Waals surface area contributed by atoms with E-state index in [0.717, 1.165) is 12.8 Å². The van der Waals surface area contributed by atoms with Crippen molar-refractivity contribution in [1.82, 2.24) is 5.32 Å². The van der Waals surface area contributed by atoms with Gasteiger partial charge >= 0.3 is 0 Å². The summed E-state index contributed by atoms with van der Waals surface area (Å²) in [6.45, 7) is 1.86. The minimum Gasteiger partial charge on any atom is -0.353 e. The van der Waals surface area contributed by atoms with E-state index >= 15 is 0 Å². The Hall–Kier alpha value is -1.06. The van der Waals surface area contributed by atoms with Gasteiger partial charge in [0.1, 0.15) is 0 Å². The lowest BCUT2D eigenvalue weighted by Gasteiger charge is -2.22. The largest absolute Gasteiger partial charge is 0.353 e. The van der Waals surface area contributed by atoms with Gasteiger partial charge in [0, 0.05) is 24.4 Å². The highest BCUT2D eigenvalue weighted by Crippen LogP contribution is 2.34. The second-order valence-corrected chi connectivity index (χ2v) is 5.30. The lowest BCUT2D eigenvalue weighted by Crippen LogP contribution is -2.38.